The van der Waals surface area contributed by atoms with Gasteiger partial charge in [0.25, 0.3) is 5.91 Å². The van der Waals surface area contributed by atoms with Gasteiger partial charge in [0.05, 0.1) is 11.9 Å². The van der Waals surface area contributed by atoms with E-state index in [2.05, 4.69) is 15.5 Å². The number of hydrogen-bond acceptors (Lipinski definition) is 4. The standard InChI is InChI=1S/C13H12N4O/c14-11-5-3-4-10(8-11)13(18)17-16-9-12-6-1-2-7-15-12/h1-9H,14H2,(H,17,18)/b16-9-. The molecule has 90 valence electrons. The Hall–Kier alpha value is -2.69. The molecule has 0 spiro atoms. The Morgan fingerprint density at radius 1 is 1.28 bits per heavy atom. The van der Waals surface area contributed by atoms with Gasteiger partial charge in [0.15, 0.2) is 0 Å². The Morgan fingerprint density at radius 3 is 2.89 bits per heavy atom. The molecule has 0 aliphatic heterocycles. The van der Waals surface area contributed by atoms with Crippen LogP contribution in [0.15, 0.2) is 53.8 Å². The van der Waals surface area contributed by atoms with E-state index in [1.165, 1.54) is 6.21 Å². The monoisotopic (exact) mass is 240 g/mol. The highest BCUT2D eigenvalue weighted by Gasteiger charge is 2.03. The lowest BCUT2D eigenvalue weighted by Gasteiger charge is -2.00. The molecular weight excluding hydrogens is 228 g/mol. The molecule has 0 radical (unpaired) electrons. The highest BCUT2D eigenvalue weighted by Crippen LogP contribution is 2.05. The molecule has 0 atom stereocenters. The van der Waals surface area contributed by atoms with E-state index < -0.39 is 0 Å². The van der Waals surface area contributed by atoms with Crippen LogP contribution in [0.3, 0.4) is 0 Å². The average Bonchev–Trinajstić information content (AvgIpc) is 2.40. The van der Waals surface area contributed by atoms with Gasteiger partial charge in [-0.15, -0.1) is 0 Å². The van der Waals surface area contributed by atoms with E-state index in [1.54, 1.807) is 36.5 Å². The maximum atomic E-state index is 11.7. The Morgan fingerprint density at radius 2 is 2.17 bits per heavy atom. The normalized spacial score (nSPS) is 10.4. The smallest absolute Gasteiger partial charge is 0.271 e. The SMILES string of the molecule is Nc1cccc(C(=O)N/N=C\c2ccccn2)c1. The summed E-state index contributed by atoms with van der Waals surface area (Å²) in [4.78, 5) is 15.7. The first-order chi connectivity index (χ1) is 8.75. The molecule has 1 aromatic carbocycles. The largest absolute Gasteiger partial charge is 0.399 e. The minimum atomic E-state index is -0.311. The molecule has 0 unspecified atom stereocenters. The van der Waals surface area contributed by atoms with Crippen molar-refractivity contribution in [2.24, 2.45) is 5.10 Å². The van der Waals surface area contributed by atoms with E-state index in [-0.39, 0.29) is 5.91 Å². The number of nitrogens with two attached hydrogens (primary N) is 1. The number of nitrogen functional groups attached to an aromatic ring is 1. The molecule has 0 saturated heterocycles. The zero-order chi connectivity index (χ0) is 12.8. The van der Waals surface area contributed by atoms with Gasteiger partial charge in [-0.3, -0.25) is 9.78 Å². The number of nitrogens with zero attached hydrogens (tertiary/aromatic N) is 2. The number of amides is 1. The van der Waals surface area contributed by atoms with Crippen LogP contribution in [0.25, 0.3) is 0 Å². The Kier molecular flexibility index (Phi) is 3.66. The quantitative estimate of drug-likeness (QED) is 0.484. The summed E-state index contributed by atoms with van der Waals surface area (Å²) in [5.74, 6) is -0.311. The fourth-order valence-corrected chi connectivity index (χ4v) is 1.35. The molecule has 1 heterocycles. The second kappa shape index (κ2) is 5.58. The van der Waals surface area contributed by atoms with Crippen molar-refractivity contribution in [3.63, 3.8) is 0 Å². The van der Waals surface area contributed by atoms with Gasteiger partial charge < -0.3 is 5.73 Å². The van der Waals surface area contributed by atoms with Gasteiger partial charge in [0, 0.05) is 17.4 Å². The van der Waals surface area contributed by atoms with Gasteiger partial charge in [0.2, 0.25) is 0 Å². The molecule has 0 aliphatic rings. The first-order valence-corrected chi connectivity index (χ1v) is 5.36. The number of rotatable bonds is 3. The molecule has 0 saturated carbocycles. The van der Waals surface area contributed by atoms with Crippen molar-refractivity contribution >= 4 is 17.8 Å². The number of carbonyl (C=O) groups is 1. The predicted molar refractivity (Wildman–Crippen MR) is 70.2 cm³/mol. The van der Waals surface area contributed by atoms with Crippen molar-refractivity contribution in [3.05, 3.63) is 59.9 Å². The molecule has 3 N–H and O–H groups in total. The van der Waals surface area contributed by atoms with Crippen molar-refractivity contribution in [2.45, 2.75) is 0 Å². The molecule has 0 fully saturated rings. The van der Waals surface area contributed by atoms with Gasteiger partial charge >= 0.3 is 0 Å². The Balaban J connectivity index is 1.99. The number of nitrogens with one attached hydrogen (secondary N) is 1. The highest BCUT2D eigenvalue weighted by molar-refractivity contribution is 5.95. The molecule has 5 nitrogen and oxygen atoms in total. The summed E-state index contributed by atoms with van der Waals surface area (Å²) in [6.45, 7) is 0. The summed E-state index contributed by atoms with van der Waals surface area (Å²) in [5.41, 5.74) is 9.67. The summed E-state index contributed by atoms with van der Waals surface area (Å²) >= 11 is 0. The van der Waals surface area contributed by atoms with Crippen LogP contribution in [0.4, 0.5) is 5.69 Å². The maximum absolute atomic E-state index is 11.7. The summed E-state index contributed by atoms with van der Waals surface area (Å²) < 4.78 is 0. The van der Waals surface area contributed by atoms with Gasteiger partial charge in [-0.05, 0) is 30.3 Å². The Bertz CT molecular complexity index is 566. The second-order valence-corrected chi connectivity index (χ2v) is 3.58. The van der Waals surface area contributed by atoms with E-state index in [0.29, 0.717) is 16.9 Å². The average molecular weight is 240 g/mol. The van der Waals surface area contributed by atoms with Crippen molar-refractivity contribution in [2.75, 3.05) is 5.73 Å². The molecule has 1 amide bonds. The second-order valence-electron chi connectivity index (χ2n) is 3.58. The van der Waals surface area contributed by atoms with Gasteiger partial charge in [-0.1, -0.05) is 12.1 Å². The third-order valence-electron chi connectivity index (χ3n) is 2.20. The maximum Gasteiger partial charge on any atom is 0.271 e. The summed E-state index contributed by atoms with van der Waals surface area (Å²) in [7, 11) is 0. The summed E-state index contributed by atoms with van der Waals surface area (Å²) in [5, 5.41) is 3.82. The number of benzene rings is 1. The number of hydrogen-bond donors (Lipinski definition) is 2. The van der Waals surface area contributed by atoms with Crippen LogP contribution in [0.1, 0.15) is 16.1 Å². The molecule has 2 rings (SSSR count). The number of aromatic nitrogens is 1. The van der Waals surface area contributed by atoms with Crippen molar-refractivity contribution < 1.29 is 4.79 Å². The minimum Gasteiger partial charge on any atom is -0.399 e. The fraction of sp³-hybridized carbons (Fsp3) is 0. The molecule has 0 bridgehead atoms. The van der Waals surface area contributed by atoms with E-state index in [9.17, 15) is 4.79 Å². The lowest BCUT2D eigenvalue weighted by Crippen LogP contribution is -2.17. The van der Waals surface area contributed by atoms with E-state index in [0.717, 1.165) is 0 Å². The lowest BCUT2D eigenvalue weighted by molar-refractivity contribution is 0.0955. The van der Waals surface area contributed by atoms with Crippen LogP contribution in [-0.2, 0) is 0 Å². The summed E-state index contributed by atoms with van der Waals surface area (Å²) in [6.07, 6.45) is 3.13. The van der Waals surface area contributed by atoms with E-state index in [4.69, 9.17) is 5.73 Å². The van der Waals surface area contributed by atoms with Crippen LogP contribution in [0.5, 0.6) is 0 Å². The van der Waals surface area contributed by atoms with Crippen LogP contribution in [0, 0.1) is 0 Å². The highest BCUT2D eigenvalue weighted by atomic mass is 16.2. The predicted octanol–water partition coefficient (Wildman–Crippen LogP) is 1.43. The van der Waals surface area contributed by atoms with Crippen LogP contribution >= 0.6 is 0 Å². The van der Waals surface area contributed by atoms with E-state index in [1.807, 2.05) is 12.1 Å². The molecule has 2 aromatic rings. The van der Waals surface area contributed by atoms with Gasteiger partial charge in [0.1, 0.15) is 0 Å². The fourth-order valence-electron chi connectivity index (χ4n) is 1.35. The zero-order valence-corrected chi connectivity index (χ0v) is 9.58. The zero-order valence-electron chi connectivity index (χ0n) is 9.58. The van der Waals surface area contributed by atoms with Gasteiger partial charge in [-0.2, -0.15) is 5.10 Å². The van der Waals surface area contributed by atoms with Crippen LogP contribution in [0.2, 0.25) is 0 Å². The molecule has 18 heavy (non-hydrogen) atoms. The number of pyridine rings is 1. The molecular formula is C13H12N4O. The first kappa shape index (κ1) is 11.8. The lowest BCUT2D eigenvalue weighted by atomic mass is 10.2. The Labute approximate surface area is 104 Å². The van der Waals surface area contributed by atoms with E-state index >= 15 is 0 Å². The van der Waals surface area contributed by atoms with Gasteiger partial charge in [-0.25, -0.2) is 5.43 Å². The summed E-state index contributed by atoms with van der Waals surface area (Å²) in [6, 6.07) is 12.1. The molecule has 1 aromatic heterocycles. The molecule has 0 aliphatic carbocycles. The molecule has 5 heteroatoms. The number of hydrazone groups is 1. The van der Waals surface area contributed by atoms with Crippen LogP contribution < -0.4 is 11.2 Å². The van der Waals surface area contributed by atoms with Crippen LogP contribution in [-0.4, -0.2) is 17.1 Å². The third kappa shape index (κ3) is 3.15. The number of carbonyl (C=O) groups excluding carboxylic acids is 1. The first-order valence-electron chi connectivity index (χ1n) is 5.36. The van der Waals surface area contributed by atoms with Crippen molar-refractivity contribution in [3.8, 4) is 0 Å². The van der Waals surface area contributed by atoms with Crippen molar-refractivity contribution in [1.82, 2.24) is 10.4 Å². The minimum absolute atomic E-state index is 0.311. The number of anilines is 1. The van der Waals surface area contributed by atoms with Crippen molar-refractivity contribution in [1.29, 1.82) is 0 Å². The topological polar surface area (TPSA) is 80.4 Å². The third-order valence-corrected chi connectivity index (χ3v) is 2.20.